The Morgan fingerprint density at radius 3 is 2.10 bits per heavy atom. The van der Waals surface area contributed by atoms with E-state index in [9.17, 15) is 9.59 Å². The third-order valence-corrected chi connectivity index (χ3v) is 3.72. The van der Waals surface area contributed by atoms with Crippen molar-refractivity contribution in [3.63, 3.8) is 0 Å². The lowest BCUT2D eigenvalue weighted by molar-refractivity contribution is -0.143. The quantitative estimate of drug-likeness (QED) is 0.452. The SMILES string of the molecule is COC(=O)C(C)N(C(=O)C(C)I)c1c(C)cccc1C. The van der Waals surface area contributed by atoms with Crippen molar-refractivity contribution < 1.29 is 14.3 Å². The van der Waals surface area contributed by atoms with Crippen LogP contribution in [0.5, 0.6) is 0 Å². The number of ether oxygens (including phenoxy) is 1. The first-order valence-corrected chi connectivity index (χ1v) is 7.67. The van der Waals surface area contributed by atoms with Gasteiger partial charge in [0.05, 0.1) is 16.7 Å². The third-order valence-electron chi connectivity index (χ3n) is 3.19. The Morgan fingerprint density at radius 2 is 1.70 bits per heavy atom. The number of nitrogens with zero attached hydrogens (tertiary/aromatic N) is 1. The molecule has 0 saturated heterocycles. The van der Waals surface area contributed by atoms with Crippen LogP contribution in [0.25, 0.3) is 0 Å². The van der Waals surface area contributed by atoms with Crippen LogP contribution in [-0.2, 0) is 14.3 Å². The summed E-state index contributed by atoms with van der Waals surface area (Å²) in [5, 5.41) is 0. The molecule has 1 aromatic rings. The normalized spacial score (nSPS) is 13.5. The van der Waals surface area contributed by atoms with E-state index in [1.807, 2.05) is 39.0 Å². The molecule has 0 spiro atoms. The van der Waals surface area contributed by atoms with Crippen molar-refractivity contribution >= 4 is 40.2 Å². The van der Waals surface area contributed by atoms with Gasteiger partial charge in [0.25, 0.3) is 0 Å². The van der Waals surface area contributed by atoms with E-state index in [0.717, 1.165) is 16.8 Å². The molecule has 2 atom stereocenters. The Labute approximate surface area is 133 Å². The van der Waals surface area contributed by atoms with E-state index in [1.54, 1.807) is 11.8 Å². The van der Waals surface area contributed by atoms with Crippen molar-refractivity contribution in [2.45, 2.75) is 37.7 Å². The van der Waals surface area contributed by atoms with Gasteiger partial charge in [-0.15, -0.1) is 0 Å². The maximum Gasteiger partial charge on any atom is 0.328 e. The highest BCUT2D eigenvalue weighted by molar-refractivity contribution is 14.1. The smallest absolute Gasteiger partial charge is 0.328 e. The summed E-state index contributed by atoms with van der Waals surface area (Å²) < 4.78 is 4.57. The number of aryl methyl sites for hydroxylation is 2. The van der Waals surface area contributed by atoms with Crippen LogP contribution in [0.3, 0.4) is 0 Å². The van der Waals surface area contributed by atoms with E-state index in [0.29, 0.717) is 0 Å². The number of esters is 1. The van der Waals surface area contributed by atoms with E-state index in [4.69, 9.17) is 4.74 Å². The lowest BCUT2D eigenvalue weighted by Crippen LogP contribution is -2.47. The van der Waals surface area contributed by atoms with Crippen molar-refractivity contribution in [3.8, 4) is 0 Å². The number of carbonyl (C=O) groups is 2. The Hall–Kier alpha value is -1.11. The van der Waals surface area contributed by atoms with Gasteiger partial charge >= 0.3 is 5.97 Å². The van der Waals surface area contributed by atoms with Crippen molar-refractivity contribution in [2.24, 2.45) is 0 Å². The molecule has 0 aliphatic heterocycles. The molecule has 2 unspecified atom stereocenters. The summed E-state index contributed by atoms with van der Waals surface area (Å²) in [5.41, 5.74) is 2.72. The molecule has 5 heteroatoms. The Kier molecular flexibility index (Phi) is 5.98. The minimum atomic E-state index is -0.649. The summed E-state index contributed by atoms with van der Waals surface area (Å²) in [4.78, 5) is 25.9. The second kappa shape index (κ2) is 7.06. The van der Waals surface area contributed by atoms with Crippen molar-refractivity contribution in [3.05, 3.63) is 29.3 Å². The summed E-state index contributed by atoms with van der Waals surface area (Å²) in [6, 6.07) is 5.16. The fraction of sp³-hybridized carbons (Fsp3) is 0.467. The number of carbonyl (C=O) groups excluding carboxylic acids is 2. The number of anilines is 1. The van der Waals surface area contributed by atoms with Crippen LogP contribution in [0.15, 0.2) is 18.2 Å². The second-order valence-electron chi connectivity index (χ2n) is 4.76. The van der Waals surface area contributed by atoms with Crippen LogP contribution in [0.4, 0.5) is 5.69 Å². The Morgan fingerprint density at radius 1 is 1.20 bits per heavy atom. The summed E-state index contributed by atoms with van der Waals surface area (Å²) in [6.45, 7) is 7.37. The standard InChI is InChI=1S/C15H20INO3/c1-9-7-6-8-10(2)13(9)17(14(18)11(3)16)12(4)15(19)20-5/h6-8,11-12H,1-5H3. The molecule has 0 heterocycles. The number of benzene rings is 1. The number of halogens is 1. The molecule has 0 radical (unpaired) electrons. The van der Waals surface area contributed by atoms with Gasteiger partial charge in [0.2, 0.25) is 5.91 Å². The number of para-hydroxylation sites is 1. The monoisotopic (exact) mass is 389 g/mol. The van der Waals surface area contributed by atoms with E-state index in [2.05, 4.69) is 22.6 Å². The van der Waals surface area contributed by atoms with Gasteiger partial charge in [0.1, 0.15) is 6.04 Å². The third kappa shape index (κ3) is 3.50. The van der Waals surface area contributed by atoms with Gasteiger partial charge in [-0.3, -0.25) is 9.69 Å². The highest BCUT2D eigenvalue weighted by Crippen LogP contribution is 2.28. The summed E-state index contributed by atoms with van der Waals surface area (Å²) in [5.74, 6) is -0.515. The molecule has 0 fully saturated rings. The van der Waals surface area contributed by atoms with E-state index < -0.39 is 12.0 Å². The number of hydrogen-bond donors (Lipinski definition) is 0. The molecule has 1 rings (SSSR count). The molecule has 20 heavy (non-hydrogen) atoms. The molecule has 110 valence electrons. The van der Waals surface area contributed by atoms with Crippen molar-refractivity contribution in [1.82, 2.24) is 0 Å². The lowest BCUT2D eigenvalue weighted by Gasteiger charge is -2.31. The molecule has 0 N–H and O–H groups in total. The van der Waals surface area contributed by atoms with E-state index in [-0.39, 0.29) is 9.83 Å². The zero-order valence-electron chi connectivity index (χ0n) is 12.4. The first-order valence-electron chi connectivity index (χ1n) is 6.42. The second-order valence-corrected chi connectivity index (χ2v) is 6.63. The minimum Gasteiger partial charge on any atom is -0.467 e. The van der Waals surface area contributed by atoms with Crippen molar-refractivity contribution in [1.29, 1.82) is 0 Å². The molecule has 0 aliphatic rings. The summed E-state index contributed by atoms with van der Waals surface area (Å²) >= 11 is 2.06. The average Bonchev–Trinajstić information content (AvgIpc) is 2.40. The predicted octanol–water partition coefficient (Wildman–Crippen LogP) is 3.02. The van der Waals surface area contributed by atoms with Crippen LogP contribution < -0.4 is 4.90 Å². The van der Waals surface area contributed by atoms with Gasteiger partial charge in [-0.05, 0) is 38.8 Å². The summed E-state index contributed by atoms with van der Waals surface area (Å²) in [7, 11) is 1.33. The first kappa shape index (κ1) is 16.9. The summed E-state index contributed by atoms with van der Waals surface area (Å²) in [6.07, 6.45) is 0. The zero-order valence-corrected chi connectivity index (χ0v) is 14.6. The number of methoxy groups -OCH3 is 1. The fourth-order valence-corrected chi connectivity index (χ4v) is 2.45. The molecular weight excluding hydrogens is 369 g/mol. The average molecular weight is 389 g/mol. The number of hydrogen-bond acceptors (Lipinski definition) is 3. The number of amides is 1. The van der Waals surface area contributed by atoms with Crippen LogP contribution in [0.2, 0.25) is 0 Å². The largest absolute Gasteiger partial charge is 0.467 e. The van der Waals surface area contributed by atoms with Crippen LogP contribution >= 0.6 is 22.6 Å². The molecule has 0 aliphatic carbocycles. The highest BCUT2D eigenvalue weighted by Gasteiger charge is 2.31. The predicted molar refractivity (Wildman–Crippen MR) is 88.4 cm³/mol. The lowest BCUT2D eigenvalue weighted by atomic mass is 10.1. The van der Waals surface area contributed by atoms with Gasteiger partial charge in [-0.25, -0.2) is 4.79 Å². The molecule has 1 aromatic carbocycles. The Balaban J connectivity index is 3.38. The van der Waals surface area contributed by atoms with Gasteiger partial charge < -0.3 is 4.74 Å². The van der Waals surface area contributed by atoms with E-state index >= 15 is 0 Å². The molecule has 0 saturated carbocycles. The molecule has 0 bridgehead atoms. The fourth-order valence-electron chi connectivity index (χ4n) is 2.15. The minimum absolute atomic E-state index is 0.0964. The van der Waals surface area contributed by atoms with Gasteiger partial charge in [0, 0.05) is 0 Å². The van der Waals surface area contributed by atoms with Crippen LogP contribution in [0, 0.1) is 13.8 Å². The highest BCUT2D eigenvalue weighted by atomic mass is 127. The zero-order chi connectivity index (χ0) is 15.4. The van der Waals surface area contributed by atoms with E-state index in [1.165, 1.54) is 7.11 Å². The maximum atomic E-state index is 12.5. The van der Waals surface area contributed by atoms with Gasteiger partial charge in [-0.2, -0.15) is 0 Å². The maximum absolute atomic E-state index is 12.5. The van der Waals surface area contributed by atoms with Gasteiger partial charge in [-0.1, -0.05) is 40.8 Å². The number of rotatable bonds is 4. The number of alkyl halides is 1. The van der Waals surface area contributed by atoms with Crippen LogP contribution in [0.1, 0.15) is 25.0 Å². The van der Waals surface area contributed by atoms with Crippen LogP contribution in [-0.4, -0.2) is 29.0 Å². The molecular formula is C15H20INO3. The molecule has 4 nitrogen and oxygen atoms in total. The van der Waals surface area contributed by atoms with Gasteiger partial charge in [0.15, 0.2) is 0 Å². The molecule has 0 aromatic heterocycles. The Bertz CT molecular complexity index is 494. The van der Waals surface area contributed by atoms with Crippen molar-refractivity contribution in [2.75, 3.05) is 12.0 Å². The molecule has 1 amide bonds. The first-order chi connectivity index (χ1) is 9.31. The topological polar surface area (TPSA) is 46.6 Å².